The molecule has 1 amide bonds. The number of para-hydroxylation sites is 3. The first-order chi connectivity index (χ1) is 14.1. The van der Waals surface area contributed by atoms with E-state index in [4.69, 9.17) is 4.74 Å². The van der Waals surface area contributed by atoms with Crippen LogP contribution < -0.4 is 15.0 Å². The molecule has 0 bridgehead atoms. The van der Waals surface area contributed by atoms with Crippen molar-refractivity contribution in [3.8, 4) is 5.75 Å². The second-order valence-corrected chi connectivity index (χ2v) is 7.52. The van der Waals surface area contributed by atoms with Gasteiger partial charge in [-0.15, -0.1) is 0 Å². The predicted octanol–water partition coefficient (Wildman–Crippen LogP) is 5.35. The summed E-state index contributed by atoms with van der Waals surface area (Å²) in [6.07, 6.45) is 0.835. The Morgan fingerprint density at radius 1 is 1.00 bits per heavy atom. The van der Waals surface area contributed by atoms with Gasteiger partial charge >= 0.3 is 0 Å². The Kier molecular flexibility index (Phi) is 5.52. The number of carbonyl (C=O) groups is 1. The number of benzene rings is 3. The normalized spacial score (nSPS) is 18.1. The number of anilines is 2. The Morgan fingerprint density at radius 3 is 2.48 bits per heavy atom. The number of carbonyl (C=O) groups excluding carboxylic acids is 1. The molecular formula is C25H26N2O2. The summed E-state index contributed by atoms with van der Waals surface area (Å²) < 4.78 is 5.83. The third-order valence-corrected chi connectivity index (χ3v) is 5.42. The number of hydrogen-bond donors (Lipinski definition) is 1. The fraction of sp³-hybridized carbons (Fsp3) is 0.240. The average Bonchev–Trinajstić information content (AvgIpc) is 2.74. The molecule has 1 N–H and O–H groups in total. The summed E-state index contributed by atoms with van der Waals surface area (Å²) in [5.74, 6) is 0.730. The SMILES string of the molecule is Cc1ccccc1OCC(=O)N1c2ccccc2[C@@H](Nc2ccccc2)C[C@H]1C. The van der Waals surface area contributed by atoms with E-state index >= 15 is 0 Å². The number of rotatable bonds is 5. The van der Waals surface area contributed by atoms with Crippen molar-refractivity contribution in [2.75, 3.05) is 16.8 Å². The number of amides is 1. The highest BCUT2D eigenvalue weighted by molar-refractivity contribution is 5.96. The lowest BCUT2D eigenvalue weighted by Crippen LogP contribution is -2.46. The van der Waals surface area contributed by atoms with Crippen LogP contribution in [0.2, 0.25) is 0 Å². The minimum absolute atomic E-state index is 0.0219. The minimum Gasteiger partial charge on any atom is -0.483 e. The molecule has 4 rings (SSSR count). The zero-order chi connectivity index (χ0) is 20.2. The zero-order valence-electron chi connectivity index (χ0n) is 16.8. The van der Waals surface area contributed by atoms with Crippen LogP contribution in [0.5, 0.6) is 5.75 Å². The van der Waals surface area contributed by atoms with Crippen molar-refractivity contribution in [2.24, 2.45) is 0 Å². The molecule has 0 saturated heterocycles. The van der Waals surface area contributed by atoms with Crippen molar-refractivity contribution < 1.29 is 9.53 Å². The second kappa shape index (κ2) is 8.39. The third kappa shape index (κ3) is 4.11. The monoisotopic (exact) mass is 386 g/mol. The molecule has 3 aromatic rings. The number of hydrogen-bond acceptors (Lipinski definition) is 3. The van der Waals surface area contributed by atoms with Crippen molar-refractivity contribution in [2.45, 2.75) is 32.4 Å². The van der Waals surface area contributed by atoms with Crippen LogP contribution in [0.3, 0.4) is 0 Å². The van der Waals surface area contributed by atoms with Crippen molar-refractivity contribution in [1.29, 1.82) is 0 Å². The summed E-state index contributed by atoms with van der Waals surface area (Å²) in [5, 5.41) is 3.62. The summed E-state index contributed by atoms with van der Waals surface area (Å²) in [6, 6.07) is 26.3. The summed E-state index contributed by atoms with van der Waals surface area (Å²) in [5.41, 5.74) is 4.21. The van der Waals surface area contributed by atoms with E-state index in [0.29, 0.717) is 0 Å². The van der Waals surface area contributed by atoms with Gasteiger partial charge in [0.25, 0.3) is 5.91 Å². The van der Waals surface area contributed by atoms with Gasteiger partial charge in [-0.25, -0.2) is 0 Å². The van der Waals surface area contributed by atoms with Crippen molar-refractivity contribution in [3.63, 3.8) is 0 Å². The highest BCUT2D eigenvalue weighted by Crippen LogP contribution is 2.38. The topological polar surface area (TPSA) is 41.6 Å². The maximum atomic E-state index is 13.1. The van der Waals surface area contributed by atoms with Crippen molar-refractivity contribution in [1.82, 2.24) is 0 Å². The van der Waals surface area contributed by atoms with Crippen LogP contribution in [0.4, 0.5) is 11.4 Å². The molecule has 0 saturated carbocycles. The minimum atomic E-state index is -0.0219. The number of nitrogens with zero attached hydrogens (tertiary/aromatic N) is 1. The average molecular weight is 386 g/mol. The molecule has 0 unspecified atom stereocenters. The molecule has 1 aliphatic heterocycles. The van der Waals surface area contributed by atoms with E-state index in [1.165, 1.54) is 0 Å². The van der Waals surface area contributed by atoms with Gasteiger partial charge in [-0.05, 0) is 55.7 Å². The summed E-state index contributed by atoms with van der Waals surface area (Å²) in [6.45, 7) is 4.11. The molecule has 1 heterocycles. The Bertz CT molecular complexity index is 987. The number of aryl methyl sites for hydroxylation is 1. The molecule has 0 spiro atoms. The van der Waals surface area contributed by atoms with Gasteiger partial charge in [0.15, 0.2) is 6.61 Å². The molecule has 4 heteroatoms. The molecule has 0 aliphatic carbocycles. The van der Waals surface area contributed by atoms with E-state index in [1.54, 1.807) is 0 Å². The lowest BCUT2D eigenvalue weighted by molar-refractivity contribution is -0.121. The van der Waals surface area contributed by atoms with Gasteiger partial charge in [0.1, 0.15) is 5.75 Å². The molecule has 0 radical (unpaired) electrons. The van der Waals surface area contributed by atoms with Crippen LogP contribution >= 0.6 is 0 Å². The Balaban J connectivity index is 1.55. The van der Waals surface area contributed by atoms with Crippen molar-refractivity contribution >= 4 is 17.3 Å². The highest BCUT2D eigenvalue weighted by atomic mass is 16.5. The highest BCUT2D eigenvalue weighted by Gasteiger charge is 2.33. The molecule has 148 valence electrons. The standard InChI is InChI=1S/C25H26N2O2/c1-18-10-6-9-15-24(18)29-17-25(28)27-19(2)16-22(21-13-7-8-14-23(21)27)26-20-11-4-3-5-12-20/h3-15,19,22,26H,16-17H2,1-2H3/t19-,22+/m1/s1. The first-order valence-corrected chi connectivity index (χ1v) is 10.0. The fourth-order valence-corrected chi connectivity index (χ4v) is 3.99. The van der Waals surface area contributed by atoms with E-state index in [0.717, 1.165) is 34.7 Å². The Morgan fingerprint density at radius 2 is 1.69 bits per heavy atom. The zero-order valence-corrected chi connectivity index (χ0v) is 16.8. The largest absolute Gasteiger partial charge is 0.483 e. The van der Waals surface area contributed by atoms with Crippen LogP contribution in [0, 0.1) is 6.92 Å². The van der Waals surface area contributed by atoms with Crippen LogP contribution in [-0.2, 0) is 4.79 Å². The van der Waals surface area contributed by atoms with E-state index in [9.17, 15) is 4.79 Å². The number of ether oxygens (including phenoxy) is 1. The summed E-state index contributed by atoms with van der Waals surface area (Å²) in [4.78, 5) is 15.0. The van der Waals surface area contributed by atoms with Crippen LogP contribution in [0.25, 0.3) is 0 Å². The maximum absolute atomic E-state index is 13.1. The molecule has 4 nitrogen and oxygen atoms in total. The molecule has 3 aromatic carbocycles. The predicted molar refractivity (Wildman–Crippen MR) is 117 cm³/mol. The number of nitrogens with one attached hydrogen (secondary N) is 1. The molecule has 0 fully saturated rings. The maximum Gasteiger partial charge on any atom is 0.265 e. The van der Waals surface area contributed by atoms with Gasteiger partial charge in [-0.3, -0.25) is 4.79 Å². The lowest BCUT2D eigenvalue weighted by Gasteiger charge is -2.40. The molecule has 0 aromatic heterocycles. The second-order valence-electron chi connectivity index (χ2n) is 7.52. The lowest BCUT2D eigenvalue weighted by atomic mass is 9.91. The van der Waals surface area contributed by atoms with Gasteiger partial charge < -0.3 is 15.0 Å². The summed E-state index contributed by atoms with van der Waals surface area (Å²) >= 11 is 0. The first kappa shape index (κ1) is 19.1. The van der Waals surface area contributed by atoms with Crippen LogP contribution in [0.1, 0.15) is 30.5 Å². The first-order valence-electron chi connectivity index (χ1n) is 10.0. The van der Waals surface area contributed by atoms with E-state index in [1.807, 2.05) is 72.5 Å². The van der Waals surface area contributed by atoms with Gasteiger partial charge in [-0.1, -0.05) is 54.6 Å². The number of fused-ring (bicyclic) bond motifs is 1. The molecule has 2 atom stereocenters. The fourth-order valence-electron chi connectivity index (χ4n) is 3.99. The van der Waals surface area contributed by atoms with E-state index < -0.39 is 0 Å². The Hall–Kier alpha value is -3.27. The third-order valence-electron chi connectivity index (χ3n) is 5.42. The molecule has 29 heavy (non-hydrogen) atoms. The van der Waals surface area contributed by atoms with Gasteiger partial charge in [0.2, 0.25) is 0 Å². The van der Waals surface area contributed by atoms with Gasteiger partial charge in [-0.2, -0.15) is 0 Å². The van der Waals surface area contributed by atoms with Crippen LogP contribution in [0.15, 0.2) is 78.9 Å². The van der Waals surface area contributed by atoms with E-state index in [-0.39, 0.29) is 24.6 Å². The van der Waals surface area contributed by atoms with Gasteiger partial charge in [0.05, 0.1) is 6.04 Å². The van der Waals surface area contributed by atoms with Gasteiger partial charge in [0, 0.05) is 17.4 Å². The molecular weight excluding hydrogens is 360 g/mol. The van der Waals surface area contributed by atoms with Crippen molar-refractivity contribution in [3.05, 3.63) is 90.0 Å². The smallest absolute Gasteiger partial charge is 0.265 e. The molecule has 1 aliphatic rings. The van der Waals surface area contributed by atoms with Crippen LogP contribution in [-0.4, -0.2) is 18.6 Å². The quantitative estimate of drug-likeness (QED) is 0.642. The van der Waals surface area contributed by atoms with E-state index in [2.05, 4.69) is 30.4 Å². The Labute approximate surface area is 172 Å². The summed E-state index contributed by atoms with van der Waals surface area (Å²) in [7, 11) is 0.